The molecule has 1 aromatic carbocycles. The standard InChI is InChI=1S/C11H16N2O5S/c1-12-10-4-3-8(7-9(10)11(14)15)19(16,17)13-5-6-18-2/h3-4,7,12-13H,5-6H2,1-2H3,(H,14,15). The van der Waals surface area contributed by atoms with Gasteiger partial charge in [-0.15, -0.1) is 0 Å². The molecule has 0 radical (unpaired) electrons. The SMILES string of the molecule is CNc1ccc(S(=O)(=O)NCCOC)cc1C(=O)O. The third-order valence-electron chi connectivity index (χ3n) is 2.40. The Hall–Kier alpha value is -1.64. The molecular formula is C11H16N2O5S. The lowest BCUT2D eigenvalue weighted by molar-refractivity contribution is 0.0697. The smallest absolute Gasteiger partial charge is 0.337 e. The largest absolute Gasteiger partial charge is 0.478 e. The first-order valence-electron chi connectivity index (χ1n) is 5.46. The second-order valence-corrected chi connectivity index (χ2v) is 5.42. The first-order valence-corrected chi connectivity index (χ1v) is 6.94. The third kappa shape index (κ3) is 3.91. The lowest BCUT2D eigenvalue weighted by Gasteiger charge is -2.10. The summed E-state index contributed by atoms with van der Waals surface area (Å²) in [5.41, 5.74) is 0.250. The maximum absolute atomic E-state index is 11.9. The highest BCUT2D eigenvalue weighted by atomic mass is 32.2. The number of rotatable bonds is 7. The molecule has 0 spiro atoms. The third-order valence-corrected chi connectivity index (χ3v) is 3.86. The molecule has 0 atom stereocenters. The zero-order valence-corrected chi connectivity index (χ0v) is 11.5. The molecule has 0 saturated heterocycles. The summed E-state index contributed by atoms with van der Waals surface area (Å²) in [6.07, 6.45) is 0. The van der Waals surface area contributed by atoms with E-state index in [1.165, 1.54) is 19.2 Å². The van der Waals surface area contributed by atoms with E-state index in [4.69, 9.17) is 9.84 Å². The molecule has 0 amide bonds. The maximum Gasteiger partial charge on any atom is 0.337 e. The molecule has 0 bridgehead atoms. The number of hydrogen-bond donors (Lipinski definition) is 3. The quantitative estimate of drug-likeness (QED) is 0.625. The fourth-order valence-corrected chi connectivity index (χ4v) is 2.49. The Kier molecular flexibility index (Phi) is 5.28. The molecule has 8 heteroatoms. The lowest BCUT2D eigenvalue weighted by Crippen LogP contribution is -2.27. The van der Waals surface area contributed by atoms with Gasteiger partial charge in [-0.05, 0) is 18.2 Å². The summed E-state index contributed by atoms with van der Waals surface area (Å²) in [7, 11) is -0.715. The minimum absolute atomic E-state index is 0.0972. The first kappa shape index (κ1) is 15.4. The predicted octanol–water partition coefficient (Wildman–Crippen LogP) is 0.351. The zero-order chi connectivity index (χ0) is 14.5. The van der Waals surface area contributed by atoms with Crippen molar-refractivity contribution < 1.29 is 23.1 Å². The Morgan fingerprint density at radius 1 is 1.42 bits per heavy atom. The summed E-state index contributed by atoms with van der Waals surface area (Å²) < 4.78 is 30.9. The number of carboxylic acid groups (broad SMARTS) is 1. The molecule has 0 saturated carbocycles. The molecule has 0 heterocycles. The Morgan fingerprint density at radius 2 is 2.11 bits per heavy atom. The molecule has 7 nitrogen and oxygen atoms in total. The van der Waals surface area contributed by atoms with Crippen LogP contribution in [0, 0.1) is 0 Å². The number of benzene rings is 1. The molecule has 3 N–H and O–H groups in total. The topological polar surface area (TPSA) is 105 Å². The van der Waals surface area contributed by atoms with E-state index in [1.54, 1.807) is 7.05 Å². The minimum atomic E-state index is -3.73. The summed E-state index contributed by atoms with van der Waals surface area (Å²) >= 11 is 0. The van der Waals surface area contributed by atoms with Gasteiger partial charge in [0.1, 0.15) is 0 Å². The van der Waals surface area contributed by atoms with Crippen LogP contribution in [0.25, 0.3) is 0 Å². The van der Waals surface area contributed by atoms with E-state index < -0.39 is 16.0 Å². The van der Waals surface area contributed by atoms with E-state index in [9.17, 15) is 13.2 Å². The van der Waals surface area contributed by atoms with E-state index in [1.807, 2.05) is 0 Å². The Bertz CT molecular complexity index is 556. The first-order chi connectivity index (χ1) is 8.92. The fourth-order valence-electron chi connectivity index (χ4n) is 1.45. The van der Waals surface area contributed by atoms with Crippen molar-refractivity contribution in [2.45, 2.75) is 4.90 Å². The van der Waals surface area contributed by atoms with E-state index in [0.717, 1.165) is 6.07 Å². The van der Waals surface area contributed by atoms with Crippen molar-refractivity contribution in [1.82, 2.24) is 4.72 Å². The van der Waals surface area contributed by atoms with E-state index >= 15 is 0 Å². The van der Waals surface area contributed by atoms with Gasteiger partial charge in [-0.2, -0.15) is 0 Å². The van der Waals surface area contributed by atoms with Gasteiger partial charge in [-0.1, -0.05) is 0 Å². The predicted molar refractivity (Wildman–Crippen MR) is 70.0 cm³/mol. The monoisotopic (exact) mass is 288 g/mol. The number of aromatic carboxylic acids is 1. The van der Waals surface area contributed by atoms with Crippen LogP contribution in [0.4, 0.5) is 5.69 Å². The lowest BCUT2D eigenvalue weighted by atomic mass is 10.2. The van der Waals surface area contributed by atoms with Crippen molar-refractivity contribution in [2.75, 3.05) is 32.6 Å². The summed E-state index contributed by atoms with van der Waals surface area (Å²) in [5, 5.41) is 11.7. The average Bonchev–Trinajstić information content (AvgIpc) is 2.38. The molecule has 0 aliphatic heterocycles. The molecule has 0 aromatic heterocycles. The van der Waals surface area contributed by atoms with Crippen molar-refractivity contribution >= 4 is 21.7 Å². The van der Waals surface area contributed by atoms with E-state index in [-0.39, 0.29) is 23.6 Å². The zero-order valence-electron chi connectivity index (χ0n) is 10.6. The van der Waals surface area contributed by atoms with Crippen LogP contribution in [0.2, 0.25) is 0 Å². The number of sulfonamides is 1. The van der Waals surface area contributed by atoms with Crippen LogP contribution in [0.15, 0.2) is 23.1 Å². The van der Waals surface area contributed by atoms with Gasteiger partial charge in [0, 0.05) is 26.4 Å². The summed E-state index contributed by atoms with van der Waals surface area (Å²) in [5.74, 6) is -1.20. The average molecular weight is 288 g/mol. The second-order valence-electron chi connectivity index (χ2n) is 3.65. The number of carboxylic acids is 1. The molecule has 1 rings (SSSR count). The van der Waals surface area contributed by atoms with Gasteiger partial charge < -0.3 is 15.2 Å². The molecular weight excluding hydrogens is 272 g/mol. The van der Waals surface area contributed by atoms with Crippen molar-refractivity contribution in [3.05, 3.63) is 23.8 Å². The molecule has 0 aliphatic rings. The number of ether oxygens (including phenoxy) is 1. The van der Waals surface area contributed by atoms with E-state index in [0.29, 0.717) is 5.69 Å². The highest BCUT2D eigenvalue weighted by Crippen LogP contribution is 2.20. The van der Waals surface area contributed by atoms with Gasteiger partial charge in [0.25, 0.3) is 0 Å². The Morgan fingerprint density at radius 3 is 2.63 bits per heavy atom. The Labute approximate surface area is 111 Å². The molecule has 1 aromatic rings. The normalized spacial score (nSPS) is 11.3. The van der Waals surface area contributed by atoms with Gasteiger partial charge in [0.2, 0.25) is 10.0 Å². The Balaban J connectivity index is 3.07. The summed E-state index contributed by atoms with van der Waals surface area (Å²) in [4.78, 5) is 10.9. The summed E-state index contributed by atoms with van der Waals surface area (Å²) in [6.45, 7) is 0.356. The van der Waals surface area contributed by atoms with Gasteiger partial charge >= 0.3 is 5.97 Å². The van der Waals surface area contributed by atoms with Crippen molar-refractivity contribution in [2.24, 2.45) is 0 Å². The number of methoxy groups -OCH3 is 1. The van der Waals surface area contributed by atoms with Gasteiger partial charge in [-0.3, -0.25) is 0 Å². The number of carbonyl (C=O) groups is 1. The fraction of sp³-hybridized carbons (Fsp3) is 0.364. The van der Waals surface area contributed by atoms with Crippen LogP contribution in [0.5, 0.6) is 0 Å². The van der Waals surface area contributed by atoms with Crippen molar-refractivity contribution in [3.8, 4) is 0 Å². The van der Waals surface area contributed by atoms with Crippen molar-refractivity contribution in [3.63, 3.8) is 0 Å². The molecule has 0 fully saturated rings. The number of nitrogens with one attached hydrogen (secondary N) is 2. The summed E-state index contributed by atoms with van der Waals surface area (Å²) in [6, 6.07) is 3.87. The van der Waals surface area contributed by atoms with Gasteiger partial charge in [0.15, 0.2) is 0 Å². The molecule has 106 valence electrons. The highest BCUT2D eigenvalue weighted by molar-refractivity contribution is 7.89. The van der Waals surface area contributed by atoms with Crippen LogP contribution in [0.3, 0.4) is 0 Å². The molecule has 0 unspecified atom stereocenters. The molecule has 19 heavy (non-hydrogen) atoms. The number of anilines is 1. The second kappa shape index (κ2) is 6.50. The van der Waals surface area contributed by atoms with Crippen LogP contribution in [0.1, 0.15) is 10.4 Å². The molecule has 0 aliphatic carbocycles. The van der Waals surface area contributed by atoms with Crippen molar-refractivity contribution in [1.29, 1.82) is 0 Å². The van der Waals surface area contributed by atoms with Crippen LogP contribution in [-0.4, -0.2) is 46.8 Å². The minimum Gasteiger partial charge on any atom is -0.478 e. The number of hydrogen-bond acceptors (Lipinski definition) is 5. The van der Waals surface area contributed by atoms with E-state index in [2.05, 4.69) is 10.0 Å². The van der Waals surface area contributed by atoms with Gasteiger partial charge in [0.05, 0.1) is 17.1 Å². The highest BCUT2D eigenvalue weighted by Gasteiger charge is 2.18. The van der Waals surface area contributed by atoms with Gasteiger partial charge in [-0.25, -0.2) is 17.9 Å². The maximum atomic E-state index is 11.9. The van der Waals surface area contributed by atoms with Crippen LogP contribution >= 0.6 is 0 Å². The van der Waals surface area contributed by atoms with Crippen LogP contribution in [-0.2, 0) is 14.8 Å². The van der Waals surface area contributed by atoms with Crippen LogP contribution < -0.4 is 10.0 Å².